The van der Waals surface area contributed by atoms with E-state index in [2.05, 4.69) is 0 Å². The van der Waals surface area contributed by atoms with Crippen molar-refractivity contribution in [3.05, 3.63) is 53.8 Å². The second kappa shape index (κ2) is 6.00. The Morgan fingerprint density at radius 3 is 2.32 bits per heavy atom. The van der Waals surface area contributed by atoms with Gasteiger partial charge in [0.2, 0.25) is 0 Å². The van der Waals surface area contributed by atoms with Crippen LogP contribution in [0.1, 0.15) is 18.9 Å². The van der Waals surface area contributed by atoms with E-state index in [0.717, 1.165) is 17.5 Å². The first-order valence-corrected chi connectivity index (χ1v) is 6.38. The van der Waals surface area contributed by atoms with E-state index in [4.69, 9.17) is 0 Å². The molecule has 2 rings (SSSR count). The van der Waals surface area contributed by atoms with Crippen molar-refractivity contribution in [3.63, 3.8) is 0 Å². The predicted molar refractivity (Wildman–Crippen MR) is 75.7 cm³/mol. The van der Waals surface area contributed by atoms with Crippen molar-refractivity contribution in [2.24, 2.45) is 0 Å². The SMILES string of the molecule is CCCc1c(-c2ccccc2)ccc(B(O)O)c1F. The molecule has 0 bridgehead atoms. The Morgan fingerprint density at radius 1 is 1.05 bits per heavy atom. The Morgan fingerprint density at radius 2 is 1.74 bits per heavy atom. The van der Waals surface area contributed by atoms with E-state index >= 15 is 0 Å². The van der Waals surface area contributed by atoms with Crippen molar-refractivity contribution < 1.29 is 14.4 Å². The summed E-state index contributed by atoms with van der Waals surface area (Å²) in [7, 11) is -1.78. The molecule has 0 heterocycles. The van der Waals surface area contributed by atoms with Crippen LogP contribution in [0.5, 0.6) is 0 Å². The number of benzene rings is 2. The Bertz CT molecular complexity index is 556. The molecule has 19 heavy (non-hydrogen) atoms. The van der Waals surface area contributed by atoms with E-state index in [1.54, 1.807) is 6.07 Å². The molecule has 0 aliphatic rings. The lowest BCUT2D eigenvalue weighted by atomic mass is 9.77. The summed E-state index contributed by atoms with van der Waals surface area (Å²) < 4.78 is 14.3. The fourth-order valence-electron chi connectivity index (χ4n) is 2.22. The van der Waals surface area contributed by atoms with Crippen molar-refractivity contribution in [2.75, 3.05) is 0 Å². The van der Waals surface area contributed by atoms with Gasteiger partial charge in [0.05, 0.1) is 0 Å². The Labute approximate surface area is 112 Å². The molecule has 0 unspecified atom stereocenters. The lowest BCUT2D eigenvalue weighted by Gasteiger charge is -2.13. The van der Waals surface area contributed by atoms with Gasteiger partial charge in [0, 0.05) is 5.46 Å². The van der Waals surface area contributed by atoms with Crippen LogP contribution in [-0.2, 0) is 6.42 Å². The predicted octanol–water partition coefficient (Wildman–Crippen LogP) is 2.12. The summed E-state index contributed by atoms with van der Waals surface area (Å²) in [6.45, 7) is 1.97. The van der Waals surface area contributed by atoms with Crippen molar-refractivity contribution in [1.82, 2.24) is 0 Å². The number of hydrogen-bond donors (Lipinski definition) is 2. The number of rotatable bonds is 4. The van der Waals surface area contributed by atoms with Crippen LogP contribution in [0, 0.1) is 5.82 Å². The van der Waals surface area contributed by atoms with Gasteiger partial charge in [-0.3, -0.25) is 0 Å². The van der Waals surface area contributed by atoms with Crippen molar-refractivity contribution >= 4 is 12.6 Å². The zero-order valence-corrected chi connectivity index (χ0v) is 10.8. The van der Waals surface area contributed by atoms with Crippen LogP contribution in [0.15, 0.2) is 42.5 Å². The van der Waals surface area contributed by atoms with E-state index in [0.29, 0.717) is 12.0 Å². The normalized spacial score (nSPS) is 10.5. The van der Waals surface area contributed by atoms with E-state index in [1.807, 2.05) is 37.3 Å². The molecule has 0 fully saturated rings. The largest absolute Gasteiger partial charge is 0.491 e. The third kappa shape index (κ3) is 2.86. The van der Waals surface area contributed by atoms with Gasteiger partial charge in [0.25, 0.3) is 0 Å². The molecule has 0 amide bonds. The van der Waals surface area contributed by atoms with Gasteiger partial charge in [0.1, 0.15) is 5.82 Å². The molecule has 4 heteroatoms. The number of halogens is 1. The first-order valence-electron chi connectivity index (χ1n) is 6.38. The molecule has 2 aromatic rings. The number of hydrogen-bond acceptors (Lipinski definition) is 2. The van der Waals surface area contributed by atoms with E-state index in [-0.39, 0.29) is 5.46 Å². The lowest BCUT2D eigenvalue weighted by Crippen LogP contribution is -2.33. The van der Waals surface area contributed by atoms with Gasteiger partial charge in [-0.05, 0) is 23.1 Å². The Hall–Kier alpha value is -1.65. The molecule has 0 saturated heterocycles. The van der Waals surface area contributed by atoms with Crippen LogP contribution in [0.25, 0.3) is 11.1 Å². The molecule has 2 nitrogen and oxygen atoms in total. The molecule has 0 atom stereocenters. The topological polar surface area (TPSA) is 40.5 Å². The van der Waals surface area contributed by atoms with Gasteiger partial charge >= 0.3 is 7.12 Å². The average molecular weight is 258 g/mol. The van der Waals surface area contributed by atoms with Crippen molar-refractivity contribution in [2.45, 2.75) is 19.8 Å². The van der Waals surface area contributed by atoms with Crippen LogP contribution in [0.4, 0.5) is 4.39 Å². The highest BCUT2D eigenvalue weighted by Crippen LogP contribution is 2.26. The molecule has 0 radical (unpaired) electrons. The minimum Gasteiger partial charge on any atom is -0.423 e. The summed E-state index contributed by atoms with van der Waals surface area (Å²) in [5, 5.41) is 18.3. The van der Waals surface area contributed by atoms with E-state index < -0.39 is 12.9 Å². The van der Waals surface area contributed by atoms with Gasteiger partial charge in [-0.2, -0.15) is 0 Å². The maximum atomic E-state index is 14.3. The highest BCUT2D eigenvalue weighted by molar-refractivity contribution is 6.58. The molecule has 2 N–H and O–H groups in total. The van der Waals surface area contributed by atoms with Gasteiger partial charge in [-0.15, -0.1) is 0 Å². The van der Waals surface area contributed by atoms with Gasteiger partial charge in [-0.1, -0.05) is 55.8 Å². The molecule has 98 valence electrons. The van der Waals surface area contributed by atoms with Crippen LogP contribution in [0.2, 0.25) is 0 Å². The summed E-state index contributed by atoms with van der Waals surface area (Å²) in [4.78, 5) is 0. The Kier molecular flexibility index (Phi) is 4.35. The summed E-state index contributed by atoms with van der Waals surface area (Å²) in [5.74, 6) is -0.516. The zero-order chi connectivity index (χ0) is 13.8. The molecule has 0 saturated carbocycles. The third-order valence-electron chi connectivity index (χ3n) is 3.14. The Balaban J connectivity index is 2.59. The minimum atomic E-state index is -1.78. The maximum absolute atomic E-state index is 14.3. The first kappa shape index (κ1) is 13.8. The summed E-state index contributed by atoms with van der Waals surface area (Å²) in [6.07, 6.45) is 1.36. The molecule has 0 spiro atoms. The maximum Gasteiger partial charge on any atom is 0.491 e. The van der Waals surface area contributed by atoms with Crippen molar-refractivity contribution in [1.29, 1.82) is 0 Å². The van der Waals surface area contributed by atoms with E-state index in [9.17, 15) is 14.4 Å². The fraction of sp³-hybridized carbons (Fsp3) is 0.200. The lowest BCUT2D eigenvalue weighted by molar-refractivity contribution is 0.422. The second-order valence-corrected chi connectivity index (χ2v) is 4.48. The van der Waals surface area contributed by atoms with Gasteiger partial charge in [-0.25, -0.2) is 4.39 Å². The summed E-state index contributed by atoms with van der Waals surface area (Å²) in [6, 6.07) is 12.7. The molecular weight excluding hydrogens is 242 g/mol. The fourth-order valence-corrected chi connectivity index (χ4v) is 2.22. The van der Waals surface area contributed by atoms with E-state index in [1.165, 1.54) is 6.07 Å². The van der Waals surface area contributed by atoms with Crippen LogP contribution in [0.3, 0.4) is 0 Å². The van der Waals surface area contributed by atoms with Crippen LogP contribution < -0.4 is 5.46 Å². The molecule has 0 aromatic heterocycles. The second-order valence-electron chi connectivity index (χ2n) is 4.48. The highest BCUT2D eigenvalue weighted by atomic mass is 19.1. The molecular formula is C15H16BFO2. The standard InChI is InChI=1S/C15H16BFO2/c1-2-6-13-12(11-7-4-3-5-8-11)9-10-14(15(13)17)16(18)19/h3-5,7-10,18-19H,2,6H2,1H3. The van der Waals surface area contributed by atoms with Gasteiger partial charge in [0.15, 0.2) is 0 Å². The smallest absolute Gasteiger partial charge is 0.423 e. The third-order valence-corrected chi connectivity index (χ3v) is 3.14. The summed E-state index contributed by atoms with van der Waals surface area (Å²) >= 11 is 0. The molecule has 2 aromatic carbocycles. The van der Waals surface area contributed by atoms with Gasteiger partial charge < -0.3 is 10.0 Å². The zero-order valence-electron chi connectivity index (χ0n) is 10.8. The average Bonchev–Trinajstić information content (AvgIpc) is 2.41. The first-order chi connectivity index (χ1) is 9.15. The monoisotopic (exact) mass is 258 g/mol. The van der Waals surface area contributed by atoms with Crippen LogP contribution >= 0.6 is 0 Å². The molecule has 0 aliphatic carbocycles. The quantitative estimate of drug-likeness (QED) is 0.825. The molecule has 0 aliphatic heterocycles. The highest BCUT2D eigenvalue weighted by Gasteiger charge is 2.21. The van der Waals surface area contributed by atoms with Crippen molar-refractivity contribution in [3.8, 4) is 11.1 Å². The summed E-state index contributed by atoms with van der Waals surface area (Å²) in [5.41, 5.74) is 2.22. The van der Waals surface area contributed by atoms with Crippen LogP contribution in [-0.4, -0.2) is 17.2 Å². The minimum absolute atomic E-state index is 0.0665.